The largest absolute Gasteiger partial charge is 0.497 e. The lowest BCUT2D eigenvalue weighted by Crippen LogP contribution is -2.40. The van der Waals surface area contributed by atoms with Gasteiger partial charge in [0, 0.05) is 44.4 Å². The minimum absolute atomic E-state index is 0.102. The monoisotopic (exact) mass is 393 g/mol. The molecule has 0 radical (unpaired) electrons. The van der Waals surface area contributed by atoms with E-state index in [1.54, 1.807) is 30.6 Å². The molecule has 2 aromatic heterocycles. The van der Waals surface area contributed by atoms with Crippen molar-refractivity contribution in [1.82, 2.24) is 24.8 Å². The standard InChI is InChI=1S/C22H27N5O2/c1-3-10-25-22(28)27(16-19-5-4-11-23-14-19)17-21-24-12-13-26(21)15-18-6-8-20(29-2)9-7-18/h4-9,11-14H,3,10,15-17H2,1-2H3,(H,25,28). The van der Waals surface area contributed by atoms with Gasteiger partial charge in [0.2, 0.25) is 0 Å². The minimum Gasteiger partial charge on any atom is -0.497 e. The van der Waals surface area contributed by atoms with Gasteiger partial charge in [0.05, 0.1) is 13.7 Å². The summed E-state index contributed by atoms with van der Waals surface area (Å²) in [6, 6.07) is 11.7. The van der Waals surface area contributed by atoms with Crippen molar-refractivity contribution in [3.8, 4) is 5.75 Å². The number of methoxy groups -OCH3 is 1. The third-order valence-corrected chi connectivity index (χ3v) is 4.56. The Kier molecular flexibility index (Phi) is 7.22. The minimum atomic E-state index is -0.102. The van der Waals surface area contributed by atoms with E-state index in [9.17, 15) is 4.79 Å². The van der Waals surface area contributed by atoms with E-state index in [0.717, 1.165) is 29.1 Å². The number of nitrogens with zero attached hydrogens (tertiary/aromatic N) is 4. The number of amides is 2. The molecule has 1 N–H and O–H groups in total. The number of pyridine rings is 1. The molecule has 152 valence electrons. The van der Waals surface area contributed by atoms with Gasteiger partial charge in [0.15, 0.2) is 0 Å². The number of benzene rings is 1. The molecule has 0 aliphatic carbocycles. The lowest BCUT2D eigenvalue weighted by molar-refractivity contribution is 0.190. The molecule has 29 heavy (non-hydrogen) atoms. The first-order valence-electron chi connectivity index (χ1n) is 9.74. The van der Waals surface area contributed by atoms with Crippen LogP contribution in [0.4, 0.5) is 4.79 Å². The summed E-state index contributed by atoms with van der Waals surface area (Å²) in [5, 5.41) is 2.96. The number of urea groups is 1. The van der Waals surface area contributed by atoms with Crippen LogP contribution in [0.1, 0.15) is 30.3 Å². The predicted octanol–water partition coefficient (Wildman–Crippen LogP) is 3.46. The van der Waals surface area contributed by atoms with Crippen molar-refractivity contribution in [3.63, 3.8) is 0 Å². The molecule has 0 spiro atoms. The summed E-state index contributed by atoms with van der Waals surface area (Å²) in [4.78, 5) is 23.1. The normalized spacial score (nSPS) is 10.6. The Labute approximate surface area is 171 Å². The van der Waals surface area contributed by atoms with Crippen LogP contribution in [0.25, 0.3) is 0 Å². The van der Waals surface area contributed by atoms with Crippen LogP contribution in [0.5, 0.6) is 5.75 Å². The number of rotatable bonds is 9. The molecular formula is C22H27N5O2. The molecule has 7 nitrogen and oxygen atoms in total. The highest BCUT2D eigenvalue weighted by molar-refractivity contribution is 5.74. The number of ether oxygens (including phenoxy) is 1. The highest BCUT2D eigenvalue weighted by Crippen LogP contribution is 2.14. The van der Waals surface area contributed by atoms with Crippen LogP contribution in [0.3, 0.4) is 0 Å². The maximum atomic E-state index is 12.7. The molecule has 0 unspecified atom stereocenters. The van der Waals surface area contributed by atoms with Crippen LogP contribution in [-0.4, -0.2) is 39.1 Å². The molecule has 0 bridgehead atoms. The highest BCUT2D eigenvalue weighted by atomic mass is 16.5. The van der Waals surface area contributed by atoms with E-state index in [4.69, 9.17) is 4.74 Å². The molecule has 1 aromatic carbocycles. The first kappa shape index (κ1) is 20.4. The summed E-state index contributed by atoms with van der Waals surface area (Å²) in [6.07, 6.45) is 8.10. The van der Waals surface area contributed by atoms with Gasteiger partial charge >= 0.3 is 6.03 Å². The Bertz CT molecular complexity index is 893. The van der Waals surface area contributed by atoms with E-state index in [2.05, 4.69) is 19.9 Å². The van der Waals surface area contributed by atoms with Crippen molar-refractivity contribution in [2.75, 3.05) is 13.7 Å². The highest BCUT2D eigenvalue weighted by Gasteiger charge is 2.17. The van der Waals surface area contributed by atoms with Crippen LogP contribution >= 0.6 is 0 Å². The molecule has 3 aromatic rings. The maximum Gasteiger partial charge on any atom is 0.318 e. The van der Waals surface area contributed by atoms with Crippen LogP contribution in [0, 0.1) is 0 Å². The lowest BCUT2D eigenvalue weighted by Gasteiger charge is -2.23. The Balaban J connectivity index is 1.74. The van der Waals surface area contributed by atoms with Gasteiger partial charge in [0.25, 0.3) is 0 Å². The van der Waals surface area contributed by atoms with E-state index in [0.29, 0.717) is 26.2 Å². The molecular weight excluding hydrogens is 366 g/mol. The second-order valence-electron chi connectivity index (χ2n) is 6.77. The zero-order valence-corrected chi connectivity index (χ0v) is 16.9. The van der Waals surface area contributed by atoms with Crippen LogP contribution in [-0.2, 0) is 19.6 Å². The Morgan fingerprint density at radius 2 is 1.97 bits per heavy atom. The van der Waals surface area contributed by atoms with Crippen molar-refractivity contribution >= 4 is 6.03 Å². The van der Waals surface area contributed by atoms with Crippen molar-refractivity contribution in [3.05, 3.63) is 78.1 Å². The van der Waals surface area contributed by atoms with Gasteiger partial charge in [-0.2, -0.15) is 0 Å². The van der Waals surface area contributed by atoms with Crippen LogP contribution < -0.4 is 10.1 Å². The number of hydrogen-bond donors (Lipinski definition) is 1. The van der Waals surface area contributed by atoms with Crippen molar-refractivity contribution < 1.29 is 9.53 Å². The third kappa shape index (κ3) is 5.81. The second-order valence-corrected chi connectivity index (χ2v) is 6.77. The predicted molar refractivity (Wildman–Crippen MR) is 111 cm³/mol. The first-order chi connectivity index (χ1) is 14.2. The Morgan fingerprint density at radius 3 is 2.66 bits per heavy atom. The summed E-state index contributed by atoms with van der Waals surface area (Å²) in [5.41, 5.74) is 2.12. The van der Waals surface area contributed by atoms with Gasteiger partial charge < -0.3 is 19.5 Å². The van der Waals surface area contributed by atoms with Gasteiger partial charge in [-0.3, -0.25) is 4.98 Å². The summed E-state index contributed by atoms with van der Waals surface area (Å²) in [5.74, 6) is 1.66. The van der Waals surface area contributed by atoms with E-state index >= 15 is 0 Å². The topological polar surface area (TPSA) is 72.3 Å². The average Bonchev–Trinajstić information content (AvgIpc) is 3.19. The molecule has 0 aliphatic rings. The van der Waals surface area contributed by atoms with E-state index in [1.165, 1.54) is 0 Å². The molecule has 7 heteroatoms. The van der Waals surface area contributed by atoms with Crippen molar-refractivity contribution in [2.45, 2.75) is 33.0 Å². The van der Waals surface area contributed by atoms with Gasteiger partial charge in [0.1, 0.15) is 11.6 Å². The van der Waals surface area contributed by atoms with Gasteiger partial charge in [-0.25, -0.2) is 9.78 Å². The van der Waals surface area contributed by atoms with Gasteiger partial charge in [-0.05, 0) is 35.7 Å². The molecule has 2 amide bonds. The van der Waals surface area contributed by atoms with Crippen molar-refractivity contribution in [2.24, 2.45) is 0 Å². The number of aromatic nitrogens is 3. The molecule has 2 heterocycles. The number of carbonyl (C=O) groups is 1. The van der Waals surface area contributed by atoms with Crippen LogP contribution in [0.2, 0.25) is 0 Å². The Hall–Kier alpha value is -3.35. The third-order valence-electron chi connectivity index (χ3n) is 4.56. The fourth-order valence-electron chi connectivity index (χ4n) is 2.99. The fraction of sp³-hybridized carbons (Fsp3) is 0.318. The maximum absolute atomic E-state index is 12.7. The number of nitrogens with one attached hydrogen (secondary N) is 1. The summed E-state index contributed by atoms with van der Waals surface area (Å²) in [7, 11) is 1.66. The molecule has 0 fully saturated rings. The van der Waals surface area contributed by atoms with E-state index < -0.39 is 0 Å². The molecule has 0 saturated heterocycles. The summed E-state index contributed by atoms with van der Waals surface area (Å²) < 4.78 is 7.28. The van der Waals surface area contributed by atoms with Crippen molar-refractivity contribution in [1.29, 1.82) is 0 Å². The van der Waals surface area contributed by atoms with E-state index in [-0.39, 0.29) is 6.03 Å². The SMILES string of the molecule is CCCNC(=O)N(Cc1cccnc1)Cc1nccn1Cc1ccc(OC)cc1. The Morgan fingerprint density at radius 1 is 1.14 bits per heavy atom. The molecule has 3 rings (SSSR count). The van der Waals surface area contributed by atoms with E-state index in [1.807, 2.05) is 49.5 Å². The molecule has 0 saturated carbocycles. The fourth-order valence-corrected chi connectivity index (χ4v) is 2.99. The summed E-state index contributed by atoms with van der Waals surface area (Å²) in [6.45, 7) is 4.24. The second kappa shape index (κ2) is 10.3. The van der Waals surface area contributed by atoms with Gasteiger partial charge in [-0.1, -0.05) is 25.1 Å². The zero-order valence-electron chi connectivity index (χ0n) is 16.9. The molecule has 0 aliphatic heterocycles. The van der Waals surface area contributed by atoms with Gasteiger partial charge in [-0.15, -0.1) is 0 Å². The quantitative estimate of drug-likeness (QED) is 0.604. The molecule has 0 atom stereocenters. The lowest BCUT2D eigenvalue weighted by atomic mass is 10.2. The first-order valence-corrected chi connectivity index (χ1v) is 9.74. The number of carbonyl (C=O) groups excluding carboxylic acids is 1. The van der Waals surface area contributed by atoms with Crippen LogP contribution in [0.15, 0.2) is 61.2 Å². The average molecular weight is 393 g/mol. The number of imidazole rings is 1. The smallest absolute Gasteiger partial charge is 0.318 e. The number of hydrogen-bond acceptors (Lipinski definition) is 4. The zero-order chi connectivity index (χ0) is 20.5. The summed E-state index contributed by atoms with van der Waals surface area (Å²) >= 11 is 0.